The van der Waals surface area contributed by atoms with Gasteiger partial charge in [-0.25, -0.2) is 9.67 Å². The Morgan fingerprint density at radius 1 is 1.21 bits per heavy atom. The first-order valence-electron chi connectivity index (χ1n) is 6.91. The second-order valence-corrected chi connectivity index (χ2v) is 5.03. The minimum Gasteiger partial charge on any atom is -0.378 e. The van der Waals surface area contributed by atoms with Gasteiger partial charge in [-0.05, 0) is 30.0 Å². The van der Waals surface area contributed by atoms with Crippen molar-refractivity contribution in [3.05, 3.63) is 42.0 Å². The van der Waals surface area contributed by atoms with Gasteiger partial charge in [0, 0.05) is 12.2 Å². The van der Waals surface area contributed by atoms with E-state index in [1.54, 1.807) is 6.33 Å². The number of hydrogen-bond acceptors (Lipinski definition) is 3. The highest BCUT2D eigenvalue weighted by atomic mass is 15.3. The molecule has 102 valence electrons. The predicted octanol–water partition coefficient (Wildman–Crippen LogP) is 3.42. The molecule has 0 bridgehead atoms. The van der Waals surface area contributed by atoms with Crippen LogP contribution >= 0.6 is 0 Å². The average Bonchev–Trinajstić information content (AvgIpc) is 2.85. The molecule has 0 unspecified atom stereocenters. The van der Waals surface area contributed by atoms with Crippen LogP contribution in [0.1, 0.15) is 44.5 Å². The Morgan fingerprint density at radius 2 is 1.95 bits per heavy atom. The molecule has 0 radical (unpaired) electrons. The van der Waals surface area contributed by atoms with Crippen LogP contribution in [0.25, 0.3) is 0 Å². The Bertz CT molecular complexity index is 499. The quantitative estimate of drug-likeness (QED) is 0.863. The standard InChI is InChI=1S/C15H22N4/c1-4-9-19-15(17-11-18-19)10-16-14-7-5-13(6-8-14)12(2)3/h5-8,11-12,16H,4,9-10H2,1-3H3. The molecule has 0 spiro atoms. The number of benzene rings is 1. The summed E-state index contributed by atoms with van der Waals surface area (Å²) in [6.07, 6.45) is 2.69. The van der Waals surface area contributed by atoms with E-state index in [1.165, 1.54) is 5.56 Å². The molecule has 1 N–H and O–H groups in total. The highest BCUT2D eigenvalue weighted by Crippen LogP contribution is 2.17. The monoisotopic (exact) mass is 258 g/mol. The minimum absolute atomic E-state index is 0.571. The molecule has 0 aliphatic heterocycles. The smallest absolute Gasteiger partial charge is 0.146 e. The van der Waals surface area contributed by atoms with Crippen molar-refractivity contribution in [3.8, 4) is 0 Å². The van der Waals surface area contributed by atoms with Crippen molar-refractivity contribution >= 4 is 5.69 Å². The third-order valence-electron chi connectivity index (χ3n) is 3.16. The number of rotatable bonds is 6. The molecule has 0 amide bonds. The topological polar surface area (TPSA) is 42.7 Å². The lowest BCUT2D eigenvalue weighted by atomic mass is 10.0. The van der Waals surface area contributed by atoms with E-state index in [2.05, 4.69) is 60.4 Å². The summed E-state index contributed by atoms with van der Waals surface area (Å²) >= 11 is 0. The maximum absolute atomic E-state index is 4.29. The SMILES string of the molecule is CCCn1ncnc1CNc1ccc(C(C)C)cc1. The third-order valence-corrected chi connectivity index (χ3v) is 3.16. The molecule has 4 heteroatoms. The zero-order valence-corrected chi connectivity index (χ0v) is 11.9. The van der Waals surface area contributed by atoms with Crippen LogP contribution in [0.2, 0.25) is 0 Å². The molecular formula is C15H22N4. The van der Waals surface area contributed by atoms with Crippen LogP contribution in [0.4, 0.5) is 5.69 Å². The second kappa shape index (κ2) is 6.36. The highest BCUT2D eigenvalue weighted by Gasteiger charge is 2.03. The van der Waals surface area contributed by atoms with Gasteiger partial charge < -0.3 is 5.32 Å². The third kappa shape index (κ3) is 3.56. The maximum atomic E-state index is 4.29. The van der Waals surface area contributed by atoms with E-state index in [0.29, 0.717) is 12.5 Å². The fourth-order valence-corrected chi connectivity index (χ4v) is 1.99. The lowest BCUT2D eigenvalue weighted by Gasteiger charge is -2.09. The summed E-state index contributed by atoms with van der Waals surface area (Å²) < 4.78 is 1.95. The van der Waals surface area contributed by atoms with Gasteiger partial charge >= 0.3 is 0 Å². The summed E-state index contributed by atoms with van der Waals surface area (Å²) in [5, 5.41) is 7.61. The van der Waals surface area contributed by atoms with E-state index in [9.17, 15) is 0 Å². The Kier molecular flexibility index (Phi) is 4.55. The predicted molar refractivity (Wildman–Crippen MR) is 78.2 cm³/mol. The number of hydrogen-bond donors (Lipinski definition) is 1. The molecule has 0 saturated heterocycles. The van der Waals surface area contributed by atoms with Gasteiger partial charge in [-0.1, -0.05) is 32.9 Å². The zero-order chi connectivity index (χ0) is 13.7. The molecule has 4 nitrogen and oxygen atoms in total. The van der Waals surface area contributed by atoms with Crippen molar-refractivity contribution < 1.29 is 0 Å². The van der Waals surface area contributed by atoms with E-state index in [0.717, 1.165) is 24.5 Å². The number of anilines is 1. The van der Waals surface area contributed by atoms with Gasteiger partial charge in [-0.2, -0.15) is 5.10 Å². The molecular weight excluding hydrogens is 236 g/mol. The van der Waals surface area contributed by atoms with Gasteiger partial charge in [0.15, 0.2) is 0 Å². The summed E-state index contributed by atoms with van der Waals surface area (Å²) in [5.41, 5.74) is 2.48. The van der Waals surface area contributed by atoms with Crippen molar-refractivity contribution in [2.24, 2.45) is 0 Å². The number of aryl methyl sites for hydroxylation is 1. The molecule has 0 fully saturated rings. The molecule has 2 rings (SSSR count). The Labute approximate surface area is 114 Å². The van der Waals surface area contributed by atoms with Crippen LogP contribution in [-0.4, -0.2) is 14.8 Å². The molecule has 1 heterocycles. The van der Waals surface area contributed by atoms with Crippen LogP contribution in [0.15, 0.2) is 30.6 Å². The maximum Gasteiger partial charge on any atom is 0.146 e. The molecule has 2 aromatic rings. The summed E-state index contributed by atoms with van der Waals surface area (Å²) in [6, 6.07) is 8.58. The number of aromatic nitrogens is 3. The van der Waals surface area contributed by atoms with Crippen molar-refractivity contribution in [2.45, 2.75) is 46.2 Å². The molecule has 0 atom stereocenters. The molecule has 0 aliphatic carbocycles. The van der Waals surface area contributed by atoms with E-state index in [-0.39, 0.29) is 0 Å². The molecule has 1 aromatic heterocycles. The van der Waals surface area contributed by atoms with Crippen molar-refractivity contribution in [1.29, 1.82) is 0 Å². The Morgan fingerprint density at radius 3 is 2.58 bits per heavy atom. The van der Waals surface area contributed by atoms with Crippen LogP contribution in [0.5, 0.6) is 0 Å². The van der Waals surface area contributed by atoms with Gasteiger partial charge in [-0.15, -0.1) is 0 Å². The minimum atomic E-state index is 0.571. The highest BCUT2D eigenvalue weighted by molar-refractivity contribution is 5.45. The van der Waals surface area contributed by atoms with E-state index in [1.807, 2.05) is 4.68 Å². The second-order valence-electron chi connectivity index (χ2n) is 5.03. The molecule has 19 heavy (non-hydrogen) atoms. The van der Waals surface area contributed by atoms with Gasteiger partial charge in [0.05, 0.1) is 6.54 Å². The average molecular weight is 258 g/mol. The van der Waals surface area contributed by atoms with Crippen molar-refractivity contribution in [2.75, 3.05) is 5.32 Å². The molecule has 0 aliphatic rings. The van der Waals surface area contributed by atoms with Crippen LogP contribution in [0, 0.1) is 0 Å². The van der Waals surface area contributed by atoms with Crippen molar-refractivity contribution in [3.63, 3.8) is 0 Å². The molecule has 1 aromatic carbocycles. The van der Waals surface area contributed by atoms with Crippen LogP contribution < -0.4 is 5.32 Å². The number of nitrogens with zero attached hydrogens (tertiary/aromatic N) is 3. The largest absolute Gasteiger partial charge is 0.378 e. The summed E-state index contributed by atoms with van der Waals surface area (Å²) in [6.45, 7) is 8.18. The lowest BCUT2D eigenvalue weighted by molar-refractivity contribution is 0.574. The fraction of sp³-hybridized carbons (Fsp3) is 0.467. The van der Waals surface area contributed by atoms with Gasteiger partial charge in [-0.3, -0.25) is 0 Å². The zero-order valence-electron chi connectivity index (χ0n) is 11.9. The summed E-state index contributed by atoms with van der Waals surface area (Å²) in [5.74, 6) is 1.55. The normalized spacial score (nSPS) is 10.9. The van der Waals surface area contributed by atoms with E-state index < -0.39 is 0 Å². The Balaban J connectivity index is 1.96. The van der Waals surface area contributed by atoms with Crippen molar-refractivity contribution in [1.82, 2.24) is 14.8 Å². The van der Waals surface area contributed by atoms with Crippen LogP contribution in [0.3, 0.4) is 0 Å². The Hall–Kier alpha value is -1.84. The van der Waals surface area contributed by atoms with Gasteiger partial charge in [0.25, 0.3) is 0 Å². The van der Waals surface area contributed by atoms with Crippen LogP contribution in [-0.2, 0) is 13.1 Å². The number of nitrogens with one attached hydrogen (secondary N) is 1. The first kappa shape index (κ1) is 13.6. The molecule has 0 saturated carbocycles. The van der Waals surface area contributed by atoms with Gasteiger partial charge in [0.2, 0.25) is 0 Å². The summed E-state index contributed by atoms with van der Waals surface area (Å²) in [7, 11) is 0. The van der Waals surface area contributed by atoms with Gasteiger partial charge in [0.1, 0.15) is 12.2 Å². The fourth-order valence-electron chi connectivity index (χ4n) is 1.99. The summed E-state index contributed by atoms with van der Waals surface area (Å²) in [4.78, 5) is 4.29. The van der Waals surface area contributed by atoms with E-state index >= 15 is 0 Å². The first-order valence-corrected chi connectivity index (χ1v) is 6.91. The van der Waals surface area contributed by atoms with E-state index in [4.69, 9.17) is 0 Å². The first-order chi connectivity index (χ1) is 9.20. The lowest BCUT2D eigenvalue weighted by Crippen LogP contribution is -2.10.